The monoisotopic (exact) mass is 607 g/mol. The van der Waals surface area contributed by atoms with Crippen molar-refractivity contribution < 1.29 is 23.1 Å². The number of amides is 1. The number of hydrogen-bond acceptors (Lipinski definition) is 9. The molecule has 1 N–H and O–H groups in total. The van der Waals surface area contributed by atoms with Crippen molar-refractivity contribution in [1.29, 1.82) is 0 Å². The number of hydrogen-bond donors (Lipinski definition) is 1. The minimum atomic E-state index is -2.90. The molecule has 216 valence electrons. The summed E-state index contributed by atoms with van der Waals surface area (Å²) < 4.78 is 31.5. The molecule has 0 radical (unpaired) electrons. The molecule has 0 aliphatic rings. The molecule has 0 bridgehead atoms. The number of anilines is 4. The highest BCUT2D eigenvalue weighted by atomic mass is 35.5. The van der Waals surface area contributed by atoms with E-state index in [0.717, 1.165) is 10.6 Å². The Labute approximate surface area is 248 Å². The first-order valence-electron chi connectivity index (χ1n) is 12.7. The van der Waals surface area contributed by atoms with Crippen LogP contribution in [0.5, 0.6) is 5.75 Å². The van der Waals surface area contributed by atoms with Crippen LogP contribution in [0, 0.1) is 11.8 Å². The average molecular weight is 608 g/mol. The van der Waals surface area contributed by atoms with Crippen molar-refractivity contribution in [2.75, 3.05) is 23.3 Å². The van der Waals surface area contributed by atoms with Crippen LogP contribution < -0.4 is 19.3 Å². The lowest BCUT2D eigenvalue weighted by atomic mass is 9.98. The summed E-state index contributed by atoms with van der Waals surface area (Å²) in [6, 6.07) is 17.7. The van der Waals surface area contributed by atoms with Crippen molar-refractivity contribution in [1.82, 2.24) is 14.9 Å². The van der Waals surface area contributed by atoms with E-state index in [4.69, 9.17) is 16.3 Å². The van der Waals surface area contributed by atoms with E-state index in [1.54, 1.807) is 49.4 Å². The number of methoxy groups -OCH3 is 1. The van der Waals surface area contributed by atoms with Gasteiger partial charge in [0.05, 0.1) is 51.4 Å². The van der Waals surface area contributed by atoms with Gasteiger partial charge in [0.2, 0.25) is 10.0 Å². The fourth-order valence-corrected chi connectivity index (χ4v) is 4.43. The molecular formula is C28H26ClN7O5S. The fourth-order valence-electron chi connectivity index (χ4n) is 3.71. The number of aromatic nitrogens is 2. The Hall–Kier alpha value is -4.55. The van der Waals surface area contributed by atoms with Gasteiger partial charge in [0.25, 0.3) is 0 Å². The minimum Gasteiger partial charge on any atom is -0.755 e. The van der Waals surface area contributed by atoms with E-state index in [1.165, 1.54) is 31.4 Å². The molecule has 0 spiro atoms. The van der Waals surface area contributed by atoms with Crippen LogP contribution in [0.3, 0.4) is 0 Å². The molecule has 12 nitrogen and oxygen atoms in total. The quantitative estimate of drug-likeness (QED) is 0.100. The third-order valence-electron chi connectivity index (χ3n) is 6.33. The Morgan fingerprint density at radius 2 is 1.88 bits per heavy atom. The van der Waals surface area contributed by atoms with Crippen LogP contribution in [0.15, 0.2) is 77.0 Å². The lowest BCUT2D eigenvalue weighted by Crippen LogP contribution is -2.22. The third kappa shape index (κ3) is 7.20. The molecule has 1 aromatic heterocycles. The smallest absolute Gasteiger partial charge is 0.360 e. The molecule has 0 saturated carbocycles. The summed E-state index contributed by atoms with van der Waals surface area (Å²) in [5.74, 6) is -0.492. The van der Waals surface area contributed by atoms with Gasteiger partial charge in [-0.3, -0.25) is 13.3 Å². The Bertz CT molecular complexity index is 1710. The summed E-state index contributed by atoms with van der Waals surface area (Å²) in [6.07, 6.45) is 0.825. The highest BCUT2D eigenvalue weighted by Crippen LogP contribution is 2.36. The summed E-state index contributed by atoms with van der Waals surface area (Å²) in [4.78, 5) is 36.4. The zero-order chi connectivity index (χ0) is 30.2. The highest BCUT2D eigenvalue weighted by Gasteiger charge is 2.22. The fraction of sp³-hybridized carbons (Fsp3) is 0.214. The predicted octanol–water partition coefficient (Wildman–Crippen LogP) is 5.55. The number of nitrogens with one attached hydrogen (secondary N) is 1. The molecule has 42 heavy (non-hydrogen) atoms. The molecule has 3 aromatic carbocycles. The number of nitrogens with zero attached hydrogens (tertiary/aromatic N) is 6. The van der Waals surface area contributed by atoms with Crippen molar-refractivity contribution in [3.05, 3.63) is 77.3 Å². The number of aldehydes is 1. The van der Waals surface area contributed by atoms with Gasteiger partial charge in [-0.2, -0.15) is 0 Å². The molecule has 3 atom stereocenters. The first kappa shape index (κ1) is 30.4. The second-order valence-electron chi connectivity index (χ2n) is 9.21. The lowest BCUT2D eigenvalue weighted by molar-refractivity contribution is -0.111. The number of rotatable bonds is 11. The second-order valence-corrected chi connectivity index (χ2v) is 10.4. The highest BCUT2D eigenvalue weighted by molar-refractivity contribution is 7.81. The van der Waals surface area contributed by atoms with Crippen LogP contribution in [-0.2, 0) is 16.1 Å². The van der Waals surface area contributed by atoms with E-state index in [1.807, 2.05) is 6.92 Å². The standard InChI is InChI=1S/C28H26ClN7O5S/c1-17(18(2)16-37)15-30-35-34-28(38)19-7-6-8-20(13-19)36(42(39)40)27-26(31-23-9-4-5-10-24(23)33-27)32-25-14-21(41-3)11-12-22(25)29/h4-14,16-18H,15H2,1-3H3,(H-,31,32,39,40). The Kier molecular flexibility index (Phi) is 10.0. The van der Waals surface area contributed by atoms with Crippen LogP contribution in [0.2, 0.25) is 5.02 Å². The van der Waals surface area contributed by atoms with Gasteiger partial charge in [0, 0.05) is 12.0 Å². The lowest BCUT2D eigenvalue weighted by Gasteiger charge is -2.27. The second kappa shape index (κ2) is 13.9. The molecular weight excluding hydrogens is 582 g/mol. The molecule has 1 amide bonds. The molecule has 0 saturated heterocycles. The zero-order valence-electron chi connectivity index (χ0n) is 22.8. The van der Waals surface area contributed by atoms with Gasteiger partial charge in [-0.05, 0) is 48.4 Å². The van der Waals surface area contributed by atoms with Gasteiger partial charge in [0.1, 0.15) is 23.7 Å². The molecule has 4 rings (SSSR count). The SMILES string of the molecule is COc1ccc(Cl)c(Nc2nc3ccccc3nc2N(c2cccc(C(=O)N=[N+]=NCC(C)C(C)C=O)c2)S(=O)[O-])c1. The molecule has 0 aliphatic heterocycles. The summed E-state index contributed by atoms with van der Waals surface area (Å²) in [5.41, 5.74) is 1.51. The van der Waals surface area contributed by atoms with Crippen molar-refractivity contribution >= 4 is 69.1 Å². The summed E-state index contributed by atoms with van der Waals surface area (Å²) in [6.45, 7) is 3.81. The van der Waals surface area contributed by atoms with Gasteiger partial charge < -0.3 is 19.4 Å². The first-order valence-corrected chi connectivity index (χ1v) is 14.1. The van der Waals surface area contributed by atoms with Crippen LogP contribution in [0.25, 0.3) is 11.0 Å². The third-order valence-corrected chi connectivity index (χ3v) is 7.34. The zero-order valence-corrected chi connectivity index (χ0v) is 24.4. The number of ether oxygens (including phenoxy) is 1. The number of halogens is 1. The van der Waals surface area contributed by atoms with E-state index < -0.39 is 17.2 Å². The van der Waals surface area contributed by atoms with Crippen LogP contribution in [-0.4, -0.2) is 44.6 Å². The van der Waals surface area contributed by atoms with Crippen LogP contribution in [0.1, 0.15) is 24.2 Å². The topological polar surface area (TPSA) is 163 Å². The molecule has 0 aliphatic carbocycles. The molecule has 3 unspecified atom stereocenters. The van der Waals surface area contributed by atoms with Crippen molar-refractivity contribution in [2.24, 2.45) is 22.1 Å². The summed E-state index contributed by atoms with van der Waals surface area (Å²) in [5, 5.41) is 10.9. The first-order chi connectivity index (χ1) is 20.2. The van der Waals surface area contributed by atoms with Crippen molar-refractivity contribution in [3.63, 3.8) is 0 Å². The Morgan fingerprint density at radius 1 is 1.14 bits per heavy atom. The van der Waals surface area contributed by atoms with E-state index in [0.29, 0.717) is 27.5 Å². The summed E-state index contributed by atoms with van der Waals surface area (Å²) >= 11 is 3.50. The largest absolute Gasteiger partial charge is 0.755 e. The van der Waals surface area contributed by atoms with Gasteiger partial charge in [0.15, 0.2) is 11.6 Å². The van der Waals surface area contributed by atoms with Crippen molar-refractivity contribution in [3.8, 4) is 5.75 Å². The Balaban J connectivity index is 1.74. The predicted molar refractivity (Wildman–Crippen MR) is 159 cm³/mol. The molecule has 4 aromatic rings. The maximum Gasteiger partial charge on any atom is 0.360 e. The van der Waals surface area contributed by atoms with Gasteiger partial charge >= 0.3 is 5.91 Å². The van der Waals surface area contributed by atoms with Gasteiger partial charge in [-0.1, -0.05) is 43.6 Å². The number of carbonyl (C=O) groups is 2. The van der Waals surface area contributed by atoms with E-state index in [9.17, 15) is 18.4 Å². The molecule has 1 heterocycles. The van der Waals surface area contributed by atoms with Crippen molar-refractivity contribution in [2.45, 2.75) is 13.8 Å². The molecule has 14 heteroatoms. The number of fused-ring (bicyclic) bond motifs is 1. The van der Waals surface area contributed by atoms with E-state index in [2.05, 4.69) is 30.4 Å². The van der Waals surface area contributed by atoms with Crippen LogP contribution >= 0.6 is 11.6 Å². The number of para-hydroxylation sites is 2. The normalized spacial score (nSPS) is 12.9. The molecule has 0 fully saturated rings. The number of carbonyl (C=O) groups excluding carboxylic acids is 2. The maximum atomic E-state index is 12.7. The van der Waals surface area contributed by atoms with Gasteiger partial charge in [-0.25, -0.2) is 9.97 Å². The average Bonchev–Trinajstić information content (AvgIpc) is 3.00. The van der Waals surface area contributed by atoms with E-state index >= 15 is 0 Å². The number of benzene rings is 3. The Morgan fingerprint density at radius 3 is 2.57 bits per heavy atom. The van der Waals surface area contributed by atoms with Gasteiger partial charge in [-0.15, -0.1) is 0 Å². The summed E-state index contributed by atoms with van der Waals surface area (Å²) in [7, 11) is 1.51. The maximum absolute atomic E-state index is 12.7. The minimum absolute atomic E-state index is 0.0651. The van der Waals surface area contributed by atoms with E-state index in [-0.39, 0.29) is 41.3 Å². The van der Waals surface area contributed by atoms with Crippen LogP contribution in [0.4, 0.5) is 23.0 Å².